The molecule has 0 spiro atoms. The molecule has 1 aromatic carbocycles. The first-order valence-electron chi connectivity index (χ1n) is 7.03. The number of nitrogens with zero attached hydrogens (tertiary/aromatic N) is 3. The quantitative estimate of drug-likeness (QED) is 0.804. The van der Waals surface area contributed by atoms with Crippen molar-refractivity contribution >= 4 is 11.6 Å². The fourth-order valence-electron chi connectivity index (χ4n) is 2.19. The van der Waals surface area contributed by atoms with E-state index in [-0.39, 0.29) is 5.91 Å². The van der Waals surface area contributed by atoms with E-state index in [0.29, 0.717) is 17.9 Å². The van der Waals surface area contributed by atoms with Gasteiger partial charge in [-0.25, -0.2) is 9.67 Å². The zero-order chi connectivity index (χ0) is 15.4. The van der Waals surface area contributed by atoms with Crippen LogP contribution in [0.3, 0.4) is 0 Å². The van der Waals surface area contributed by atoms with E-state index in [4.69, 9.17) is 0 Å². The number of nitrogens with one attached hydrogen (secondary N) is 1. The predicted octanol–water partition coefficient (Wildman–Crippen LogP) is 2.76. The van der Waals surface area contributed by atoms with E-state index in [1.807, 2.05) is 55.6 Å². The number of hydrogen-bond donors (Lipinski definition) is 1. The maximum atomic E-state index is 12.1. The largest absolute Gasteiger partial charge is 0.324 e. The molecule has 0 aliphatic heterocycles. The first kappa shape index (κ1) is 14.0. The van der Waals surface area contributed by atoms with Gasteiger partial charge in [0.2, 0.25) is 5.91 Å². The van der Waals surface area contributed by atoms with Gasteiger partial charge >= 0.3 is 0 Å². The average molecular weight is 292 g/mol. The maximum absolute atomic E-state index is 12.1. The molecule has 0 saturated carbocycles. The number of hydrogen-bond acceptors (Lipinski definition) is 3. The number of carbonyl (C=O) groups is 1. The lowest BCUT2D eigenvalue weighted by atomic mass is 10.1. The highest BCUT2D eigenvalue weighted by molar-refractivity contribution is 5.92. The Morgan fingerprint density at radius 1 is 1.18 bits per heavy atom. The topological polar surface area (TPSA) is 59.8 Å². The SMILES string of the molecule is Cc1ccccc1CC(=O)Nc1ccc(-n2cccn2)nc1. The van der Waals surface area contributed by atoms with Crippen molar-refractivity contribution in [2.75, 3.05) is 5.32 Å². The number of benzene rings is 1. The minimum Gasteiger partial charge on any atom is -0.324 e. The summed E-state index contributed by atoms with van der Waals surface area (Å²) < 4.78 is 1.67. The normalized spacial score (nSPS) is 10.4. The lowest BCUT2D eigenvalue weighted by molar-refractivity contribution is -0.115. The van der Waals surface area contributed by atoms with Crippen molar-refractivity contribution in [2.45, 2.75) is 13.3 Å². The van der Waals surface area contributed by atoms with E-state index >= 15 is 0 Å². The summed E-state index contributed by atoms with van der Waals surface area (Å²) in [7, 11) is 0. The van der Waals surface area contributed by atoms with Crippen molar-refractivity contribution in [3.63, 3.8) is 0 Å². The molecule has 2 aromatic heterocycles. The number of rotatable bonds is 4. The molecule has 0 atom stereocenters. The van der Waals surface area contributed by atoms with E-state index in [9.17, 15) is 4.79 Å². The van der Waals surface area contributed by atoms with E-state index in [2.05, 4.69) is 15.4 Å². The average Bonchev–Trinajstić information content (AvgIpc) is 3.05. The molecule has 0 fully saturated rings. The zero-order valence-corrected chi connectivity index (χ0v) is 12.2. The molecular weight excluding hydrogens is 276 g/mol. The molecule has 3 rings (SSSR count). The maximum Gasteiger partial charge on any atom is 0.228 e. The van der Waals surface area contributed by atoms with Gasteiger partial charge in [-0.3, -0.25) is 4.79 Å². The lowest BCUT2D eigenvalue weighted by Crippen LogP contribution is -2.15. The van der Waals surface area contributed by atoms with Gasteiger partial charge in [0, 0.05) is 12.4 Å². The van der Waals surface area contributed by atoms with Crippen LogP contribution in [0, 0.1) is 6.92 Å². The van der Waals surface area contributed by atoms with Crippen LogP contribution >= 0.6 is 0 Å². The molecule has 0 radical (unpaired) electrons. The van der Waals surface area contributed by atoms with Crippen LogP contribution in [-0.4, -0.2) is 20.7 Å². The molecule has 0 unspecified atom stereocenters. The fraction of sp³-hybridized carbons (Fsp3) is 0.118. The van der Waals surface area contributed by atoms with Crippen molar-refractivity contribution in [3.05, 3.63) is 72.2 Å². The molecule has 110 valence electrons. The summed E-state index contributed by atoms with van der Waals surface area (Å²) in [4.78, 5) is 16.4. The second-order valence-electron chi connectivity index (χ2n) is 5.01. The Labute approximate surface area is 128 Å². The summed E-state index contributed by atoms with van der Waals surface area (Å²) in [5.74, 6) is 0.657. The van der Waals surface area contributed by atoms with E-state index in [1.165, 1.54) is 0 Å². The van der Waals surface area contributed by atoms with E-state index in [0.717, 1.165) is 11.1 Å². The Bertz CT molecular complexity index is 764. The van der Waals surface area contributed by atoms with Gasteiger partial charge in [0.05, 0.1) is 18.3 Å². The smallest absolute Gasteiger partial charge is 0.228 e. The minimum absolute atomic E-state index is 0.0528. The first-order valence-corrected chi connectivity index (χ1v) is 7.03. The van der Waals surface area contributed by atoms with Crippen molar-refractivity contribution in [2.24, 2.45) is 0 Å². The van der Waals surface area contributed by atoms with Crippen LogP contribution in [0.25, 0.3) is 5.82 Å². The van der Waals surface area contributed by atoms with Crippen LogP contribution in [0.4, 0.5) is 5.69 Å². The second-order valence-corrected chi connectivity index (χ2v) is 5.01. The molecule has 1 N–H and O–H groups in total. The molecule has 5 heteroatoms. The molecule has 5 nitrogen and oxygen atoms in total. The fourth-order valence-corrected chi connectivity index (χ4v) is 2.19. The zero-order valence-electron chi connectivity index (χ0n) is 12.2. The second kappa shape index (κ2) is 6.22. The van der Waals surface area contributed by atoms with Gasteiger partial charge in [-0.1, -0.05) is 24.3 Å². The van der Waals surface area contributed by atoms with E-state index in [1.54, 1.807) is 17.1 Å². The molecule has 0 aliphatic carbocycles. The van der Waals surface area contributed by atoms with Crippen molar-refractivity contribution in [1.82, 2.24) is 14.8 Å². The molecule has 0 saturated heterocycles. The Hall–Kier alpha value is -2.95. The third-order valence-electron chi connectivity index (χ3n) is 3.38. The van der Waals surface area contributed by atoms with Crippen LogP contribution in [0.15, 0.2) is 61.1 Å². The highest BCUT2D eigenvalue weighted by Gasteiger charge is 2.06. The molecule has 3 aromatic rings. The lowest BCUT2D eigenvalue weighted by Gasteiger charge is -2.08. The molecular formula is C17H16N4O. The van der Waals surface area contributed by atoms with Crippen molar-refractivity contribution in [1.29, 1.82) is 0 Å². The molecule has 0 aliphatic rings. The molecule has 1 amide bonds. The van der Waals surface area contributed by atoms with Crippen molar-refractivity contribution < 1.29 is 4.79 Å². The van der Waals surface area contributed by atoms with E-state index < -0.39 is 0 Å². The standard InChI is InChI=1S/C17H16N4O/c1-13-5-2-3-6-14(13)11-17(22)20-15-7-8-16(18-12-15)21-10-4-9-19-21/h2-10,12H,11H2,1H3,(H,20,22). The summed E-state index contributed by atoms with van der Waals surface area (Å²) in [6, 6.07) is 13.3. The van der Waals surface area contributed by atoms with Crippen LogP contribution in [0.5, 0.6) is 0 Å². The van der Waals surface area contributed by atoms with Crippen LogP contribution in [0.1, 0.15) is 11.1 Å². The number of pyridine rings is 1. The Balaban J connectivity index is 1.66. The summed E-state index contributed by atoms with van der Waals surface area (Å²) in [6.45, 7) is 2.00. The van der Waals surface area contributed by atoms with Gasteiger partial charge in [-0.15, -0.1) is 0 Å². The molecule has 0 bridgehead atoms. The summed E-state index contributed by atoms with van der Waals surface area (Å²) in [6.07, 6.45) is 5.50. The Kier molecular flexibility index (Phi) is 3.96. The van der Waals surface area contributed by atoms with Gasteiger partial charge in [-0.2, -0.15) is 5.10 Å². The Morgan fingerprint density at radius 2 is 2.05 bits per heavy atom. The Morgan fingerprint density at radius 3 is 2.73 bits per heavy atom. The third kappa shape index (κ3) is 3.20. The van der Waals surface area contributed by atoms with Crippen LogP contribution in [0.2, 0.25) is 0 Å². The molecule has 22 heavy (non-hydrogen) atoms. The van der Waals surface area contributed by atoms with Gasteiger partial charge in [0.1, 0.15) is 0 Å². The predicted molar refractivity (Wildman–Crippen MR) is 84.9 cm³/mol. The highest BCUT2D eigenvalue weighted by Crippen LogP contribution is 2.12. The summed E-state index contributed by atoms with van der Waals surface area (Å²) in [5, 5.41) is 6.97. The number of aromatic nitrogens is 3. The number of anilines is 1. The summed E-state index contributed by atoms with van der Waals surface area (Å²) >= 11 is 0. The number of amides is 1. The highest BCUT2D eigenvalue weighted by atomic mass is 16.1. The minimum atomic E-state index is -0.0528. The van der Waals surface area contributed by atoms with Gasteiger partial charge < -0.3 is 5.32 Å². The first-order chi connectivity index (χ1) is 10.7. The monoisotopic (exact) mass is 292 g/mol. The summed E-state index contributed by atoms with van der Waals surface area (Å²) in [5.41, 5.74) is 2.82. The molecule has 2 heterocycles. The van der Waals surface area contributed by atoms with Crippen molar-refractivity contribution in [3.8, 4) is 5.82 Å². The van der Waals surface area contributed by atoms with Crippen LogP contribution in [-0.2, 0) is 11.2 Å². The van der Waals surface area contributed by atoms with Gasteiger partial charge in [0.25, 0.3) is 0 Å². The number of carbonyl (C=O) groups excluding carboxylic acids is 1. The third-order valence-corrected chi connectivity index (χ3v) is 3.38. The van der Waals surface area contributed by atoms with Crippen LogP contribution < -0.4 is 5.32 Å². The van der Waals surface area contributed by atoms with Gasteiger partial charge in [0.15, 0.2) is 5.82 Å². The van der Waals surface area contributed by atoms with Gasteiger partial charge in [-0.05, 0) is 36.2 Å². The number of aryl methyl sites for hydroxylation is 1.